The molecule has 0 fully saturated rings. The van der Waals surface area contributed by atoms with Gasteiger partial charge >= 0.3 is 6.61 Å². The Labute approximate surface area is 209 Å². The molecule has 6 rings (SSSR count). The summed E-state index contributed by atoms with van der Waals surface area (Å²) < 4.78 is 48.3. The van der Waals surface area contributed by atoms with Gasteiger partial charge in [-0.2, -0.15) is 8.78 Å². The lowest BCUT2D eigenvalue weighted by atomic mass is 9.97. The molecule has 190 valence electrons. The Morgan fingerprint density at radius 1 is 1.22 bits per heavy atom. The van der Waals surface area contributed by atoms with Gasteiger partial charge in [-0.15, -0.1) is 0 Å². The number of rotatable bonds is 6. The third-order valence-electron chi connectivity index (χ3n) is 7.11. The van der Waals surface area contributed by atoms with Crippen molar-refractivity contribution in [1.82, 2.24) is 24.8 Å². The first kappa shape index (κ1) is 23.4. The van der Waals surface area contributed by atoms with E-state index in [-0.39, 0.29) is 29.4 Å². The number of fused-ring (bicyclic) bond motifs is 9. The van der Waals surface area contributed by atoms with Gasteiger partial charge in [-0.3, -0.25) is 4.79 Å². The summed E-state index contributed by atoms with van der Waals surface area (Å²) >= 11 is 0. The molecule has 0 spiro atoms. The van der Waals surface area contributed by atoms with E-state index in [0.717, 1.165) is 0 Å². The number of aliphatic hydroxyl groups is 1. The van der Waals surface area contributed by atoms with Gasteiger partial charge in [0.2, 0.25) is 0 Å². The molecule has 2 aliphatic rings. The summed E-state index contributed by atoms with van der Waals surface area (Å²) in [5, 5.41) is 12.4. The van der Waals surface area contributed by atoms with Crippen LogP contribution in [0.25, 0.3) is 22.2 Å². The zero-order chi connectivity index (χ0) is 25.8. The van der Waals surface area contributed by atoms with Gasteiger partial charge in [-0.25, -0.2) is 19.3 Å². The van der Waals surface area contributed by atoms with Gasteiger partial charge in [0.25, 0.3) is 5.91 Å². The highest BCUT2D eigenvalue weighted by Gasteiger charge is 2.42. The van der Waals surface area contributed by atoms with Crippen LogP contribution < -0.4 is 10.1 Å². The van der Waals surface area contributed by atoms with Crippen molar-refractivity contribution in [2.45, 2.75) is 44.4 Å². The number of imidazole rings is 1. The lowest BCUT2D eigenvalue weighted by Crippen LogP contribution is -2.28. The molecule has 0 saturated heterocycles. The van der Waals surface area contributed by atoms with Crippen LogP contribution in [0.1, 0.15) is 65.3 Å². The van der Waals surface area contributed by atoms with Crippen molar-refractivity contribution >= 4 is 16.9 Å². The Hall–Kier alpha value is -3.99. The summed E-state index contributed by atoms with van der Waals surface area (Å²) in [4.78, 5) is 26.1. The molecule has 8 nitrogen and oxygen atoms in total. The van der Waals surface area contributed by atoms with E-state index < -0.39 is 30.4 Å². The molecular weight excluding hydrogens is 487 g/mol. The predicted octanol–water partition coefficient (Wildman–Crippen LogP) is 4.50. The first-order chi connectivity index (χ1) is 17.9. The highest BCUT2D eigenvalue weighted by atomic mass is 19.3. The number of carbonyl (C=O) groups excluding carboxylic acids is 1. The summed E-state index contributed by atoms with van der Waals surface area (Å²) in [6, 6.07) is 6.42. The van der Waals surface area contributed by atoms with Crippen LogP contribution in [0, 0.1) is 5.82 Å². The summed E-state index contributed by atoms with van der Waals surface area (Å²) in [7, 11) is 0. The number of hydrogen-bond donors (Lipinski definition) is 2. The molecule has 2 N–H and O–H groups in total. The molecule has 2 aromatic heterocycles. The van der Waals surface area contributed by atoms with Crippen molar-refractivity contribution in [2.24, 2.45) is 0 Å². The van der Waals surface area contributed by atoms with Crippen molar-refractivity contribution in [3.8, 4) is 16.9 Å². The van der Waals surface area contributed by atoms with E-state index in [0.29, 0.717) is 46.7 Å². The number of halogens is 3. The third kappa shape index (κ3) is 3.72. The molecule has 2 bridgehead atoms. The number of nitrogens with zero attached hydrogens (tertiary/aromatic N) is 4. The van der Waals surface area contributed by atoms with Gasteiger partial charge < -0.3 is 19.7 Å². The maximum Gasteiger partial charge on any atom is 0.387 e. The number of amides is 1. The van der Waals surface area contributed by atoms with E-state index in [4.69, 9.17) is 4.74 Å². The van der Waals surface area contributed by atoms with Crippen LogP contribution in [0.2, 0.25) is 0 Å². The van der Waals surface area contributed by atoms with E-state index in [1.54, 1.807) is 12.1 Å². The maximum absolute atomic E-state index is 15.2. The number of nitrogens with one attached hydrogen (secondary N) is 1. The van der Waals surface area contributed by atoms with Crippen molar-refractivity contribution in [2.75, 3.05) is 6.61 Å². The number of hydrogen-bond acceptors (Lipinski definition) is 6. The Bertz CT molecular complexity index is 1520. The summed E-state index contributed by atoms with van der Waals surface area (Å²) in [5.74, 6) is -0.222. The van der Waals surface area contributed by atoms with Crippen molar-refractivity contribution < 1.29 is 27.8 Å². The van der Waals surface area contributed by atoms with E-state index in [1.807, 2.05) is 11.5 Å². The molecule has 1 amide bonds. The molecule has 37 heavy (non-hydrogen) atoms. The van der Waals surface area contributed by atoms with Crippen LogP contribution in [0.15, 0.2) is 42.7 Å². The zero-order valence-electron chi connectivity index (χ0n) is 19.7. The van der Waals surface area contributed by atoms with E-state index in [2.05, 4.69) is 20.3 Å². The maximum atomic E-state index is 15.2. The van der Waals surface area contributed by atoms with Crippen molar-refractivity contribution in [3.05, 3.63) is 71.3 Å². The van der Waals surface area contributed by atoms with Crippen LogP contribution in [-0.2, 0) is 0 Å². The van der Waals surface area contributed by atoms with Crippen LogP contribution in [0.5, 0.6) is 5.75 Å². The van der Waals surface area contributed by atoms with Crippen molar-refractivity contribution in [1.29, 1.82) is 0 Å². The second-order valence-electron chi connectivity index (χ2n) is 9.15. The molecular formula is C26H22F3N5O3. The average molecular weight is 509 g/mol. The molecule has 4 heterocycles. The molecule has 0 aliphatic carbocycles. The topological polar surface area (TPSA) is 102 Å². The number of ether oxygens (including phenoxy) is 1. The summed E-state index contributed by atoms with van der Waals surface area (Å²) in [5.41, 5.74) is 2.24. The summed E-state index contributed by atoms with van der Waals surface area (Å²) in [6.45, 7) is -1.23. The molecule has 11 heteroatoms. The fourth-order valence-corrected chi connectivity index (χ4v) is 5.34. The Balaban J connectivity index is 1.50. The third-order valence-corrected chi connectivity index (χ3v) is 7.11. The van der Waals surface area contributed by atoms with Gasteiger partial charge in [-0.1, -0.05) is 13.0 Å². The minimum absolute atomic E-state index is 0.0799. The molecule has 2 aromatic carbocycles. The van der Waals surface area contributed by atoms with Crippen LogP contribution >= 0.6 is 0 Å². The standard InChI is InChI=1S/C26H22F3N5O3/c1-2-12(11-35)23-30-9-13(10-31-23)15-6-19-17(7-16(15)27)32-24-18-8-20(34(19)24)22-14(25(36)33-18)4-3-5-21(22)37-26(28)29/h3-7,9-10,12,18,20,26,35H,2,8,11H2,1H3,(H,33,36)/t12-,18-,20-/m1/s1. The Morgan fingerprint density at radius 3 is 2.70 bits per heavy atom. The van der Waals surface area contributed by atoms with Crippen LogP contribution in [0.3, 0.4) is 0 Å². The predicted molar refractivity (Wildman–Crippen MR) is 127 cm³/mol. The molecule has 2 aliphatic heterocycles. The zero-order valence-corrected chi connectivity index (χ0v) is 19.7. The molecule has 4 aromatic rings. The van der Waals surface area contributed by atoms with Crippen LogP contribution in [0.4, 0.5) is 13.2 Å². The van der Waals surface area contributed by atoms with Gasteiger partial charge in [0, 0.05) is 46.6 Å². The van der Waals surface area contributed by atoms with Gasteiger partial charge in [0.1, 0.15) is 23.2 Å². The van der Waals surface area contributed by atoms with E-state index in [9.17, 15) is 18.7 Å². The number of aliphatic hydroxyl groups excluding tert-OH is 1. The van der Waals surface area contributed by atoms with Gasteiger partial charge in [0.15, 0.2) is 0 Å². The van der Waals surface area contributed by atoms with Crippen molar-refractivity contribution in [3.63, 3.8) is 0 Å². The lowest BCUT2D eigenvalue weighted by molar-refractivity contribution is -0.0507. The molecule has 0 unspecified atom stereocenters. The number of alkyl halides is 2. The first-order valence-electron chi connectivity index (χ1n) is 11.9. The Kier molecular flexibility index (Phi) is 5.59. The molecule has 0 radical (unpaired) electrons. The first-order valence-corrected chi connectivity index (χ1v) is 11.9. The fraction of sp³-hybridized carbons (Fsp3) is 0.308. The largest absolute Gasteiger partial charge is 0.434 e. The molecule has 0 saturated carbocycles. The molecule has 3 atom stereocenters. The normalized spacial score (nSPS) is 18.9. The van der Waals surface area contributed by atoms with Gasteiger partial charge in [0.05, 0.1) is 29.7 Å². The quantitative estimate of drug-likeness (QED) is 0.397. The minimum Gasteiger partial charge on any atom is -0.434 e. The number of aromatic nitrogens is 4. The highest BCUT2D eigenvalue weighted by Crippen LogP contribution is 2.47. The SMILES string of the molecule is CC[C@H](CO)c1ncc(-c2cc3c(cc2F)nc2n3[C@@H]3C[C@H]2NC(=O)c2cccc(OC(F)F)c23)cn1. The fourth-order valence-electron chi connectivity index (χ4n) is 5.34. The van der Waals surface area contributed by atoms with Gasteiger partial charge in [-0.05, 0) is 31.0 Å². The van der Waals surface area contributed by atoms with Crippen LogP contribution in [-0.4, -0.2) is 43.8 Å². The highest BCUT2D eigenvalue weighted by molar-refractivity contribution is 5.98. The van der Waals surface area contributed by atoms with E-state index in [1.165, 1.54) is 30.6 Å². The summed E-state index contributed by atoms with van der Waals surface area (Å²) in [6.07, 6.45) is 4.08. The Morgan fingerprint density at radius 2 is 2.00 bits per heavy atom. The second-order valence-corrected chi connectivity index (χ2v) is 9.15. The smallest absolute Gasteiger partial charge is 0.387 e. The minimum atomic E-state index is -3.06. The number of benzene rings is 2. The monoisotopic (exact) mass is 509 g/mol. The lowest BCUT2D eigenvalue weighted by Gasteiger charge is -2.21. The average Bonchev–Trinajstić information content (AvgIpc) is 3.36. The van der Waals surface area contributed by atoms with E-state index >= 15 is 4.39 Å². The second kappa shape index (κ2) is 8.84. The number of carbonyl (C=O) groups is 1.